The van der Waals surface area contributed by atoms with Crippen LogP contribution in [0, 0.1) is 0 Å². The van der Waals surface area contributed by atoms with E-state index in [1.54, 1.807) is 0 Å². The van der Waals surface area contributed by atoms with Crippen LogP contribution in [0.5, 0.6) is 5.75 Å². The molecule has 2 rings (SSSR count). The lowest BCUT2D eigenvalue weighted by Gasteiger charge is -2.18. The molecule has 1 aromatic rings. The second-order valence-corrected chi connectivity index (χ2v) is 5.37. The molecule has 0 unspecified atom stereocenters. The molecule has 0 saturated carbocycles. The number of rotatable bonds is 4. The lowest BCUT2D eigenvalue weighted by molar-refractivity contribution is -0.144. The van der Waals surface area contributed by atoms with E-state index in [0.29, 0.717) is 26.0 Å². The molecule has 1 aromatic carbocycles. The first-order chi connectivity index (χ1) is 9.16. The summed E-state index contributed by atoms with van der Waals surface area (Å²) in [6, 6.07) is 7.49. The quantitative estimate of drug-likeness (QED) is 0.800. The Hall–Kier alpha value is -1.36. The van der Waals surface area contributed by atoms with Crippen LogP contribution in [0.4, 0.5) is 0 Å². The summed E-state index contributed by atoms with van der Waals surface area (Å²) < 4.78 is 6.49. The van der Waals surface area contributed by atoms with Crippen LogP contribution in [0.2, 0.25) is 0 Å². The number of benzene rings is 1. The number of hydrogen-bond acceptors (Lipinski definition) is 3. The monoisotopic (exact) mass is 325 g/mol. The van der Waals surface area contributed by atoms with Crippen LogP contribution in [0.3, 0.4) is 0 Å². The second kappa shape index (κ2) is 6.70. The van der Waals surface area contributed by atoms with E-state index in [-0.39, 0.29) is 11.8 Å². The van der Waals surface area contributed by atoms with E-state index < -0.39 is 0 Å². The van der Waals surface area contributed by atoms with Crippen molar-refractivity contribution in [1.82, 2.24) is 4.90 Å². The molecule has 102 valence electrons. The number of imide groups is 1. The average Bonchev–Trinajstić information content (AvgIpc) is 2.53. The van der Waals surface area contributed by atoms with Gasteiger partial charge in [0.1, 0.15) is 12.4 Å². The number of carbonyl (C=O) groups excluding carboxylic acids is 2. The number of likely N-dealkylation sites (tertiary alicyclic amines) is 1. The Morgan fingerprint density at radius 1 is 1.16 bits per heavy atom. The Morgan fingerprint density at radius 3 is 2.47 bits per heavy atom. The number of ether oxygens (including phenoxy) is 1. The van der Waals surface area contributed by atoms with Gasteiger partial charge in [0.25, 0.3) is 0 Å². The van der Waals surface area contributed by atoms with Gasteiger partial charge in [0.15, 0.2) is 0 Å². The molecule has 5 heteroatoms. The van der Waals surface area contributed by atoms with Crippen LogP contribution < -0.4 is 4.74 Å². The molecule has 19 heavy (non-hydrogen) atoms. The molecular formula is C14H16BrNO3. The van der Waals surface area contributed by atoms with Crippen LogP contribution in [-0.4, -0.2) is 29.9 Å². The van der Waals surface area contributed by atoms with Gasteiger partial charge in [0, 0.05) is 17.3 Å². The fourth-order valence-corrected chi connectivity index (χ4v) is 2.40. The highest BCUT2D eigenvalue weighted by molar-refractivity contribution is 9.10. The first-order valence-electron chi connectivity index (χ1n) is 6.38. The molecule has 1 saturated heterocycles. The number of amides is 2. The number of halogens is 1. The molecule has 1 heterocycles. The van der Waals surface area contributed by atoms with Crippen LogP contribution in [0.1, 0.15) is 25.7 Å². The van der Waals surface area contributed by atoms with Gasteiger partial charge in [-0.1, -0.05) is 22.0 Å². The smallest absolute Gasteiger partial charge is 0.229 e. The van der Waals surface area contributed by atoms with Crippen molar-refractivity contribution in [3.8, 4) is 5.75 Å². The summed E-state index contributed by atoms with van der Waals surface area (Å²) in [5.74, 6) is 0.560. The summed E-state index contributed by atoms with van der Waals surface area (Å²) in [6.07, 6.45) is 2.52. The molecule has 1 fully saturated rings. The molecule has 0 aliphatic carbocycles. The normalized spacial score (nSPS) is 16.4. The molecule has 0 N–H and O–H groups in total. The summed E-state index contributed by atoms with van der Waals surface area (Å²) in [6.45, 7) is 0.651. The van der Waals surface area contributed by atoms with Crippen LogP contribution in [-0.2, 0) is 9.59 Å². The van der Waals surface area contributed by atoms with E-state index in [1.807, 2.05) is 24.3 Å². The Labute approximate surface area is 120 Å². The van der Waals surface area contributed by atoms with Crippen molar-refractivity contribution in [2.24, 2.45) is 0 Å². The summed E-state index contributed by atoms with van der Waals surface area (Å²) in [5.41, 5.74) is 0. The first kappa shape index (κ1) is 14.1. The third kappa shape index (κ3) is 4.06. The fraction of sp³-hybridized carbons (Fsp3) is 0.429. The third-order valence-corrected chi connectivity index (χ3v) is 3.51. The largest absolute Gasteiger partial charge is 0.492 e. The minimum absolute atomic E-state index is 0.0830. The molecule has 1 aliphatic rings. The van der Waals surface area contributed by atoms with Crippen molar-refractivity contribution >= 4 is 27.7 Å². The summed E-state index contributed by atoms with van der Waals surface area (Å²) >= 11 is 3.36. The molecule has 0 bridgehead atoms. The number of nitrogens with zero attached hydrogens (tertiary/aromatic N) is 1. The zero-order valence-electron chi connectivity index (χ0n) is 10.6. The highest BCUT2D eigenvalue weighted by Gasteiger charge is 2.23. The summed E-state index contributed by atoms with van der Waals surface area (Å²) in [5, 5.41) is 0. The number of hydrogen-bond donors (Lipinski definition) is 0. The molecule has 4 nitrogen and oxygen atoms in total. The maximum absolute atomic E-state index is 11.8. The van der Waals surface area contributed by atoms with Crippen molar-refractivity contribution in [2.45, 2.75) is 25.7 Å². The lowest BCUT2D eigenvalue weighted by atomic mass is 10.2. The first-order valence-corrected chi connectivity index (χ1v) is 7.17. The molecule has 0 radical (unpaired) electrons. The third-order valence-electron chi connectivity index (χ3n) is 3.01. The van der Waals surface area contributed by atoms with Gasteiger partial charge < -0.3 is 4.74 Å². The Morgan fingerprint density at radius 2 is 1.84 bits per heavy atom. The van der Waals surface area contributed by atoms with Crippen molar-refractivity contribution in [3.05, 3.63) is 28.7 Å². The molecule has 0 aromatic heterocycles. The van der Waals surface area contributed by atoms with Crippen molar-refractivity contribution in [3.63, 3.8) is 0 Å². The van der Waals surface area contributed by atoms with Gasteiger partial charge in [-0.25, -0.2) is 0 Å². The van der Waals surface area contributed by atoms with Gasteiger partial charge in [0.2, 0.25) is 11.8 Å². The van der Waals surface area contributed by atoms with Gasteiger partial charge in [-0.2, -0.15) is 0 Å². The molecular weight excluding hydrogens is 310 g/mol. The molecule has 0 spiro atoms. The zero-order chi connectivity index (χ0) is 13.7. The van der Waals surface area contributed by atoms with Crippen LogP contribution in [0.25, 0.3) is 0 Å². The maximum atomic E-state index is 11.8. The van der Waals surface area contributed by atoms with E-state index in [9.17, 15) is 9.59 Å². The highest BCUT2D eigenvalue weighted by Crippen LogP contribution is 2.18. The molecule has 2 amide bonds. The topological polar surface area (TPSA) is 46.6 Å². The lowest BCUT2D eigenvalue weighted by Crippen LogP contribution is -2.38. The second-order valence-electron chi connectivity index (χ2n) is 4.45. The van der Waals surface area contributed by atoms with Gasteiger partial charge in [-0.3, -0.25) is 14.5 Å². The van der Waals surface area contributed by atoms with E-state index in [0.717, 1.165) is 23.1 Å². The molecule has 1 aliphatic heterocycles. The highest BCUT2D eigenvalue weighted by atomic mass is 79.9. The zero-order valence-corrected chi connectivity index (χ0v) is 12.2. The van der Waals surface area contributed by atoms with Crippen molar-refractivity contribution in [1.29, 1.82) is 0 Å². The van der Waals surface area contributed by atoms with E-state index in [2.05, 4.69) is 15.9 Å². The fourth-order valence-electron chi connectivity index (χ4n) is 2.02. The maximum Gasteiger partial charge on any atom is 0.229 e. The average molecular weight is 326 g/mol. The Balaban J connectivity index is 1.87. The standard InChI is InChI=1S/C14H16BrNO3/c15-11-4-3-5-12(10-11)19-9-8-16-13(17)6-1-2-7-14(16)18/h3-5,10H,1-2,6-9H2. The molecule has 0 atom stereocenters. The predicted molar refractivity (Wildman–Crippen MR) is 74.8 cm³/mol. The van der Waals surface area contributed by atoms with Crippen LogP contribution in [0.15, 0.2) is 28.7 Å². The van der Waals surface area contributed by atoms with Gasteiger partial charge in [-0.15, -0.1) is 0 Å². The van der Waals surface area contributed by atoms with Gasteiger partial charge in [-0.05, 0) is 31.0 Å². The van der Waals surface area contributed by atoms with Crippen LogP contribution >= 0.6 is 15.9 Å². The van der Waals surface area contributed by atoms with E-state index >= 15 is 0 Å². The summed E-state index contributed by atoms with van der Waals surface area (Å²) in [4.78, 5) is 24.9. The minimum Gasteiger partial charge on any atom is -0.492 e. The summed E-state index contributed by atoms with van der Waals surface area (Å²) in [7, 11) is 0. The van der Waals surface area contributed by atoms with Crippen molar-refractivity contribution < 1.29 is 14.3 Å². The van der Waals surface area contributed by atoms with E-state index in [4.69, 9.17) is 4.74 Å². The van der Waals surface area contributed by atoms with Gasteiger partial charge in [0.05, 0.1) is 6.54 Å². The van der Waals surface area contributed by atoms with Gasteiger partial charge >= 0.3 is 0 Å². The van der Waals surface area contributed by atoms with Crippen molar-refractivity contribution in [2.75, 3.05) is 13.2 Å². The number of carbonyl (C=O) groups is 2. The Kier molecular flexibility index (Phi) is 4.96. The predicted octanol–water partition coefficient (Wildman–Crippen LogP) is 2.76. The SMILES string of the molecule is O=C1CCCCC(=O)N1CCOc1cccc(Br)c1. The van der Waals surface area contributed by atoms with E-state index in [1.165, 1.54) is 4.90 Å². The minimum atomic E-state index is -0.0830. The Bertz CT molecular complexity index is 458.